The zero-order valence-corrected chi connectivity index (χ0v) is 15.7. The van der Waals surface area contributed by atoms with Crippen molar-refractivity contribution in [2.24, 2.45) is 5.92 Å². The highest BCUT2D eigenvalue weighted by Gasteiger charge is 2.28. The van der Waals surface area contributed by atoms with E-state index in [2.05, 4.69) is 16.0 Å². The molecule has 3 N–H and O–H groups in total. The van der Waals surface area contributed by atoms with E-state index in [9.17, 15) is 14.4 Å². The Bertz CT molecular complexity index is 826. The molecule has 1 aromatic heterocycles. The number of nitrogens with zero attached hydrogens (tertiary/aromatic N) is 1. The van der Waals surface area contributed by atoms with Gasteiger partial charge in [-0.3, -0.25) is 9.59 Å². The van der Waals surface area contributed by atoms with E-state index < -0.39 is 0 Å². The third-order valence-electron chi connectivity index (χ3n) is 4.61. The molecule has 0 unspecified atom stereocenters. The van der Waals surface area contributed by atoms with Crippen molar-refractivity contribution in [2.45, 2.75) is 19.8 Å². The topological polar surface area (TPSA) is 104 Å². The number of nitrogens with one attached hydrogen (secondary N) is 3. The molecule has 0 spiro atoms. The van der Waals surface area contributed by atoms with Crippen molar-refractivity contribution in [1.82, 2.24) is 10.2 Å². The van der Waals surface area contributed by atoms with Crippen molar-refractivity contribution in [3.63, 3.8) is 0 Å². The average Bonchev–Trinajstić information content (AvgIpc) is 3.23. The van der Waals surface area contributed by atoms with Crippen LogP contribution < -0.4 is 16.0 Å². The molecule has 2 aromatic rings. The molecule has 0 aliphatic carbocycles. The van der Waals surface area contributed by atoms with Gasteiger partial charge in [0, 0.05) is 36.9 Å². The molecule has 1 saturated heterocycles. The molecule has 4 amide bonds. The lowest BCUT2D eigenvalue weighted by Gasteiger charge is -2.30. The minimum Gasteiger partial charge on any atom is -0.459 e. The maximum atomic E-state index is 12.6. The first-order chi connectivity index (χ1) is 13.6. The van der Waals surface area contributed by atoms with Crippen LogP contribution in [0, 0.1) is 5.92 Å². The molecule has 8 nitrogen and oxygen atoms in total. The fourth-order valence-electron chi connectivity index (χ4n) is 3.16. The highest BCUT2D eigenvalue weighted by molar-refractivity contribution is 5.95. The Morgan fingerprint density at radius 1 is 1.07 bits per heavy atom. The molecule has 148 valence electrons. The van der Waals surface area contributed by atoms with Crippen molar-refractivity contribution >= 4 is 29.2 Å². The molecule has 0 saturated carbocycles. The van der Waals surface area contributed by atoms with Gasteiger partial charge in [0.1, 0.15) is 0 Å². The predicted octanol–water partition coefficient (Wildman–Crippen LogP) is 2.91. The molecule has 8 heteroatoms. The molecule has 0 atom stereocenters. The Morgan fingerprint density at radius 3 is 2.43 bits per heavy atom. The molecule has 1 aliphatic rings. The number of likely N-dealkylation sites (tertiary alicyclic amines) is 1. The number of hydrogen-bond donors (Lipinski definition) is 3. The quantitative estimate of drug-likeness (QED) is 0.737. The first-order valence-corrected chi connectivity index (χ1v) is 9.35. The number of urea groups is 1. The number of carbonyl (C=O) groups excluding carboxylic acids is 3. The number of rotatable bonds is 5. The zero-order valence-electron chi connectivity index (χ0n) is 15.7. The summed E-state index contributed by atoms with van der Waals surface area (Å²) in [5.74, 6) is -0.0757. The molecule has 2 heterocycles. The van der Waals surface area contributed by atoms with E-state index >= 15 is 0 Å². The lowest BCUT2D eigenvalue weighted by molar-refractivity contribution is -0.121. The van der Waals surface area contributed by atoms with Crippen LogP contribution in [-0.4, -0.2) is 42.4 Å². The van der Waals surface area contributed by atoms with Gasteiger partial charge >= 0.3 is 6.03 Å². The van der Waals surface area contributed by atoms with Crippen LogP contribution >= 0.6 is 0 Å². The van der Waals surface area contributed by atoms with Gasteiger partial charge in [-0.25, -0.2) is 4.79 Å². The smallest absolute Gasteiger partial charge is 0.319 e. The number of piperidine rings is 1. The monoisotopic (exact) mass is 384 g/mol. The van der Waals surface area contributed by atoms with E-state index in [1.807, 2.05) is 6.92 Å². The lowest BCUT2D eigenvalue weighted by atomic mass is 9.95. The van der Waals surface area contributed by atoms with Crippen LogP contribution in [0.15, 0.2) is 47.1 Å². The van der Waals surface area contributed by atoms with E-state index in [-0.39, 0.29) is 23.8 Å². The Morgan fingerprint density at radius 2 is 1.79 bits per heavy atom. The second-order valence-electron chi connectivity index (χ2n) is 6.60. The standard InChI is InChI=1S/C20H24N4O4/c1-2-21-20(27)23-16-6-3-5-15(13-16)22-18(25)14-8-10-24(11-9-14)19(26)17-7-4-12-28-17/h3-7,12-14H,2,8-11H2,1H3,(H,22,25)(H2,21,23,27). The number of benzene rings is 1. The van der Waals surface area contributed by atoms with Gasteiger partial charge in [0.05, 0.1) is 6.26 Å². The average molecular weight is 384 g/mol. The molecule has 0 bridgehead atoms. The Hall–Kier alpha value is -3.29. The number of hydrogen-bond acceptors (Lipinski definition) is 4. The van der Waals surface area contributed by atoms with E-state index in [1.54, 1.807) is 41.3 Å². The van der Waals surface area contributed by atoms with E-state index in [0.717, 1.165) is 0 Å². The van der Waals surface area contributed by atoms with Crippen molar-refractivity contribution < 1.29 is 18.8 Å². The van der Waals surface area contributed by atoms with E-state index in [4.69, 9.17) is 4.42 Å². The summed E-state index contributed by atoms with van der Waals surface area (Å²) < 4.78 is 5.15. The summed E-state index contributed by atoms with van der Waals surface area (Å²) in [5, 5.41) is 8.26. The van der Waals surface area contributed by atoms with Crippen LogP contribution in [0.4, 0.5) is 16.2 Å². The third-order valence-corrected chi connectivity index (χ3v) is 4.61. The summed E-state index contributed by atoms with van der Waals surface area (Å²) in [5.41, 5.74) is 1.22. The molecule has 1 aromatic carbocycles. The fraction of sp³-hybridized carbons (Fsp3) is 0.350. The summed E-state index contributed by atoms with van der Waals surface area (Å²) in [4.78, 5) is 38.2. The van der Waals surface area contributed by atoms with Crippen LogP contribution in [0.5, 0.6) is 0 Å². The summed E-state index contributed by atoms with van der Waals surface area (Å²) in [6.45, 7) is 3.39. The van der Waals surface area contributed by atoms with Crippen LogP contribution in [0.2, 0.25) is 0 Å². The van der Waals surface area contributed by atoms with Gasteiger partial charge in [-0.1, -0.05) is 6.07 Å². The third kappa shape index (κ3) is 4.91. The minimum absolute atomic E-state index is 0.0831. The molecule has 1 fully saturated rings. The van der Waals surface area contributed by atoms with Crippen LogP contribution in [0.1, 0.15) is 30.3 Å². The Labute approximate surface area is 163 Å². The van der Waals surface area contributed by atoms with Gasteiger partial charge in [-0.15, -0.1) is 0 Å². The molecule has 1 aliphatic heterocycles. The largest absolute Gasteiger partial charge is 0.459 e. The number of amides is 4. The van der Waals surface area contributed by atoms with Crippen molar-refractivity contribution in [3.8, 4) is 0 Å². The van der Waals surface area contributed by atoms with E-state index in [0.29, 0.717) is 49.6 Å². The van der Waals surface area contributed by atoms with Gasteiger partial charge < -0.3 is 25.3 Å². The van der Waals surface area contributed by atoms with Crippen LogP contribution in [-0.2, 0) is 4.79 Å². The van der Waals surface area contributed by atoms with E-state index in [1.165, 1.54) is 6.26 Å². The zero-order chi connectivity index (χ0) is 19.9. The van der Waals surface area contributed by atoms with Crippen LogP contribution in [0.3, 0.4) is 0 Å². The first-order valence-electron chi connectivity index (χ1n) is 9.35. The Kier molecular flexibility index (Phi) is 6.31. The Balaban J connectivity index is 1.52. The molecule has 3 rings (SSSR count). The van der Waals surface area contributed by atoms with Gasteiger partial charge in [-0.05, 0) is 50.1 Å². The fourth-order valence-corrected chi connectivity index (χ4v) is 3.16. The summed E-state index contributed by atoms with van der Waals surface area (Å²) in [7, 11) is 0. The summed E-state index contributed by atoms with van der Waals surface area (Å²) in [6, 6.07) is 10.0. The van der Waals surface area contributed by atoms with Gasteiger partial charge in [0.25, 0.3) is 5.91 Å². The number of carbonyl (C=O) groups is 3. The molecular weight excluding hydrogens is 360 g/mol. The van der Waals surface area contributed by atoms with Gasteiger partial charge in [0.2, 0.25) is 5.91 Å². The summed E-state index contributed by atoms with van der Waals surface area (Å²) >= 11 is 0. The molecule has 28 heavy (non-hydrogen) atoms. The minimum atomic E-state index is -0.292. The van der Waals surface area contributed by atoms with Crippen molar-refractivity contribution in [1.29, 1.82) is 0 Å². The highest BCUT2D eigenvalue weighted by atomic mass is 16.3. The van der Waals surface area contributed by atoms with Gasteiger partial charge in [-0.2, -0.15) is 0 Å². The summed E-state index contributed by atoms with van der Waals surface area (Å²) in [6.07, 6.45) is 2.66. The predicted molar refractivity (Wildman–Crippen MR) is 105 cm³/mol. The maximum Gasteiger partial charge on any atom is 0.319 e. The molecular formula is C20H24N4O4. The van der Waals surface area contributed by atoms with Crippen LogP contribution in [0.25, 0.3) is 0 Å². The second kappa shape index (κ2) is 9.07. The highest BCUT2D eigenvalue weighted by Crippen LogP contribution is 2.22. The first kappa shape index (κ1) is 19.5. The second-order valence-corrected chi connectivity index (χ2v) is 6.60. The van der Waals surface area contributed by atoms with Crippen molar-refractivity contribution in [3.05, 3.63) is 48.4 Å². The maximum absolute atomic E-state index is 12.6. The molecule has 0 radical (unpaired) electrons. The number of anilines is 2. The SMILES string of the molecule is CCNC(=O)Nc1cccc(NC(=O)C2CCN(C(=O)c3ccco3)CC2)c1. The normalized spacial score (nSPS) is 14.4. The van der Waals surface area contributed by atoms with Crippen molar-refractivity contribution in [2.75, 3.05) is 30.3 Å². The lowest BCUT2D eigenvalue weighted by Crippen LogP contribution is -2.41. The number of furan rings is 1. The van der Waals surface area contributed by atoms with Gasteiger partial charge in [0.15, 0.2) is 5.76 Å².